The van der Waals surface area contributed by atoms with Gasteiger partial charge in [0.25, 0.3) is 5.91 Å². The molecule has 26 heavy (non-hydrogen) atoms. The van der Waals surface area contributed by atoms with Crippen molar-refractivity contribution in [2.75, 3.05) is 10.2 Å². The molecular formula is C20H17FN4O. The van der Waals surface area contributed by atoms with Gasteiger partial charge < -0.3 is 10.2 Å². The summed E-state index contributed by atoms with van der Waals surface area (Å²) in [5.41, 5.74) is 2.63. The van der Waals surface area contributed by atoms with Gasteiger partial charge >= 0.3 is 0 Å². The van der Waals surface area contributed by atoms with Gasteiger partial charge in [0.15, 0.2) is 0 Å². The van der Waals surface area contributed by atoms with Crippen LogP contribution in [0.5, 0.6) is 0 Å². The van der Waals surface area contributed by atoms with Crippen LogP contribution in [0, 0.1) is 5.82 Å². The number of hydrogen-bond acceptors (Lipinski definition) is 4. The van der Waals surface area contributed by atoms with Gasteiger partial charge in [0.1, 0.15) is 17.3 Å². The van der Waals surface area contributed by atoms with Gasteiger partial charge in [-0.05, 0) is 37.1 Å². The number of rotatable bonds is 3. The molecule has 2 heterocycles. The Balaban J connectivity index is 1.56. The van der Waals surface area contributed by atoms with Crippen LogP contribution in [0.1, 0.15) is 23.0 Å². The molecule has 6 heteroatoms. The van der Waals surface area contributed by atoms with Crippen LogP contribution in [0.3, 0.4) is 0 Å². The first-order valence-electron chi connectivity index (χ1n) is 8.38. The van der Waals surface area contributed by atoms with Crippen LogP contribution < -0.4 is 10.2 Å². The maximum absolute atomic E-state index is 13.7. The Bertz CT molecular complexity index is 958. The predicted octanol–water partition coefficient (Wildman–Crippen LogP) is 3.95. The highest BCUT2D eigenvalue weighted by Crippen LogP contribution is 2.32. The van der Waals surface area contributed by atoms with Crippen LogP contribution in [-0.4, -0.2) is 21.9 Å². The van der Waals surface area contributed by atoms with E-state index in [1.165, 1.54) is 18.5 Å². The summed E-state index contributed by atoms with van der Waals surface area (Å²) in [4.78, 5) is 23.1. The molecule has 1 N–H and O–H groups in total. The smallest absolute Gasteiger partial charge is 0.278 e. The van der Waals surface area contributed by atoms with Crippen LogP contribution in [0.4, 0.5) is 21.6 Å². The van der Waals surface area contributed by atoms with Gasteiger partial charge in [-0.1, -0.05) is 30.3 Å². The van der Waals surface area contributed by atoms with Gasteiger partial charge in [-0.2, -0.15) is 0 Å². The third-order valence-corrected chi connectivity index (χ3v) is 4.43. The molecule has 1 atom stereocenters. The molecule has 1 amide bonds. The molecule has 130 valence electrons. The number of carbonyl (C=O) groups excluding carboxylic acids is 1. The van der Waals surface area contributed by atoms with Gasteiger partial charge in [0.05, 0.1) is 18.1 Å². The van der Waals surface area contributed by atoms with E-state index in [9.17, 15) is 9.18 Å². The monoisotopic (exact) mass is 348 g/mol. The van der Waals surface area contributed by atoms with Crippen LogP contribution in [0.2, 0.25) is 0 Å². The number of halogens is 1. The first-order chi connectivity index (χ1) is 12.6. The molecule has 0 aliphatic carbocycles. The normalized spacial score (nSPS) is 15.6. The van der Waals surface area contributed by atoms with Crippen molar-refractivity contribution in [3.05, 3.63) is 78.0 Å². The Kier molecular flexibility index (Phi) is 4.08. The van der Waals surface area contributed by atoms with Crippen molar-refractivity contribution in [3.63, 3.8) is 0 Å². The minimum atomic E-state index is -0.378. The molecule has 3 aromatic rings. The SMILES string of the molecule is CC1Cc2ccccc2N1C(=O)c1cnc(Nc2ccccc2F)cn1. The fraction of sp³-hybridized carbons (Fsp3) is 0.150. The predicted molar refractivity (Wildman–Crippen MR) is 98.1 cm³/mol. The summed E-state index contributed by atoms with van der Waals surface area (Å²) in [5.74, 6) is -0.189. The number of para-hydroxylation sites is 2. The lowest BCUT2D eigenvalue weighted by Gasteiger charge is -2.22. The van der Waals surface area contributed by atoms with E-state index in [2.05, 4.69) is 15.3 Å². The number of fused-ring (bicyclic) bond motifs is 1. The zero-order valence-corrected chi connectivity index (χ0v) is 14.2. The Morgan fingerprint density at radius 1 is 1.12 bits per heavy atom. The van der Waals surface area contributed by atoms with Crippen molar-refractivity contribution in [1.82, 2.24) is 9.97 Å². The molecule has 0 spiro atoms. The van der Waals surface area contributed by atoms with E-state index in [-0.39, 0.29) is 23.5 Å². The number of aromatic nitrogens is 2. The maximum Gasteiger partial charge on any atom is 0.278 e. The largest absolute Gasteiger partial charge is 0.337 e. The minimum Gasteiger partial charge on any atom is -0.337 e. The van der Waals surface area contributed by atoms with E-state index in [1.807, 2.05) is 31.2 Å². The molecule has 0 radical (unpaired) electrons. The van der Waals surface area contributed by atoms with E-state index >= 15 is 0 Å². The van der Waals surface area contributed by atoms with Crippen LogP contribution in [-0.2, 0) is 6.42 Å². The first-order valence-corrected chi connectivity index (χ1v) is 8.38. The minimum absolute atomic E-state index is 0.0675. The van der Waals surface area contributed by atoms with Crippen molar-refractivity contribution in [1.29, 1.82) is 0 Å². The van der Waals surface area contributed by atoms with Crippen molar-refractivity contribution >= 4 is 23.1 Å². The molecule has 5 nitrogen and oxygen atoms in total. The molecule has 2 aromatic carbocycles. The van der Waals surface area contributed by atoms with Crippen molar-refractivity contribution in [3.8, 4) is 0 Å². The van der Waals surface area contributed by atoms with Crippen molar-refractivity contribution in [2.24, 2.45) is 0 Å². The third-order valence-electron chi connectivity index (χ3n) is 4.43. The first kappa shape index (κ1) is 16.2. The Morgan fingerprint density at radius 2 is 1.88 bits per heavy atom. The highest BCUT2D eigenvalue weighted by atomic mass is 19.1. The molecule has 1 aliphatic heterocycles. The summed E-state index contributed by atoms with van der Waals surface area (Å²) in [5, 5.41) is 2.86. The van der Waals surface area contributed by atoms with E-state index in [4.69, 9.17) is 0 Å². The number of nitrogens with one attached hydrogen (secondary N) is 1. The third kappa shape index (κ3) is 2.90. The number of benzene rings is 2. The fourth-order valence-corrected chi connectivity index (χ4v) is 3.20. The molecule has 4 rings (SSSR count). The molecule has 0 fully saturated rings. The summed E-state index contributed by atoms with van der Waals surface area (Å²) >= 11 is 0. The Morgan fingerprint density at radius 3 is 2.65 bits per heavy atom. The zero-order valence-electron chi connectivity index (χ0n) is 14.2. The summed E-state index contributed by atoms with van der Waals surface area (Å²) < 4.78 is 13.7. The molecule has 0 saturated carbocycles. The quantitative estimate of drug-likeness (QED) is 0.779. The van der Waals surface area contributed by atoms with Crippen LogP contribution >= 0.6 is 0 Å². The second-order valence-corrected chi connectivity index (χ2v) is 6.25. The summed E-state index contributed by atoms with van der Waals surface area (Å²) in [6.07, 6.45) is 3.67. The molecule has 1 unspecified atom stereocenters. The average molecular weight is 348 g/mol. The standard InChI is InChI=1S/C20H17FN4O/c1-13-10-14-6-2-5-9-18(14)25(13)20(26)17-11-23-19(12-22-17)24-16-8-4-3-7-15(16)21/h2-9,11-13H,10H2,1H3,(H,23,24). The second kappa shape index (κ2) is 6.55. The molecule has 0 saturated heterocycles. The summed E-state index contributed by atoms with van der Waals surface area (Å²) in [7, 11) is 0. The average Bonchev–Trinajstić information content (AvgIpc) is 2.99. The van der Waals surface area contributed by atoms with Crippen molar-refractivity contribution < 1.29 is 9.18 Å². The van der Waals surface area contributed by atoms with Gasteiger partial charge in [0.2, 0.25) is 0 Å². The van der Waals surface area contributed by atoms with Crippen LogP contribution in [0.15, 0.2) is 60.9 Å². The highest BCUT2D eigenvalue weighted by molar-refractivity contribution is 6.06. The number of carbonyl (C=O) groups is 1. The van der Waals surface area contributed by atoms with E-state index in [0.29, 0.717) is 11.5 Å². The topological polar surface area (TPSA) is 58.1 Å². The summed E-state index contributed by atoms with van der Waals surface area (Å²) in [6, 6.07) is 14.3. The van der Waals surface area contributed by atoms with Gasteiger partial charge in [-0.15, -0.1) is 0 Å². The van der Waals surface area contributed by atoms with Gasteiger partial charge in [-0.3, -0.25) is 4.79 Å². The number of nitrogens with zero attached hydrogens (tertiary/aromatic N) is 3. The van der Waals surface area contributed by atoms with Gasteiger partial charge in [-0.25, -0.2) is 14.4 Å². The molecular weight excluding hydrogens is 331 g/mol. The lowest BCUT2D eigenvalue weighted by Crippen LogP contribution is -2.36. The number of hydrogen-bond donors (Lipinski definition) is 1. The Hall–Kier alpha value is -3.28. The highest BCUT2D eigenvalue weighted by Gasteiger charge is 2.31. The van der Waals surface area contributed by atoms with Crippen LogP contribution in [0.25, 0.3) is 0 Å². The van der Waals surface area contributed by atoms with E-state index in [1.54, 1.807) is 23.1 Å². The maximum atomic E-state index is 13.7. The molecule has 0 bridgehead atoms. The van der Waals surface area contributed by atoms with E-state index in [0.717, 1.165) is 17.7 Å². The Labute approximate surface area is 150 Å². The lowest BCUT2D eigenvalue weighted by molar-refractivity contribution is 0.0976. The van der Waals surface area contributed by atoms with E-state index < -0.39 is 0 Å². The van der Waals surface area contributed by atoms with Gasteiger partial charge in [0, 0.05) is 11.7 Å². The molecule has 1 aromatic heterocycles. The molecule has 1 aliphatic rings. The number of anilines is 3. The number of amides is 1. The zero-order chi connectivity index (χ0) is 18.1. The fourth-order valence-electron chi connectivity index (χ4n) is 3.20. The second-order valence-electron chi connectivity index (χ2n) is 6.25. The lowest BCUT2D eigenvalue weighted by atomic mass is 10.1. The van der Waals surface area contributed by atoms with Crippen molar-refractivity contribution in [2.45, 2.75) is 19.4 Å². The summed E-state index contributed by atoms with van der Waals surface area (Å²) in [6.45, 7) is 2.01.